The molecule has 2 rings (SSSR count). The third-order valence-electron chi connectivity index (χ3n) is 2.31. The normalized spacial score (nSPS) is 20.7. The first-order chi connectivity index (χ1) is 7.24. The molecule has 82 valence electrons. The highest BCUT2D eigenvalue weighted by Gasteiger charge is 2.19. The molecule has 0 spiro atoms. The van der Waals surface area contributed by atoms with E-state index >= 15 is 0 Å². The maximum atomic E-state index is 10.4. The van der Waals surface area contributed by atoms with E-state index in [0.29, 0.717) is 18.2 Å². The van der Waals surface area contributed by atoms with Crippen LogP contribution in [0.2, 0.25) is 0 Å². The molecule has 0 aliphatic carbocycles. The van der Waals surface area contributed by atoms with Gasteiger partial charge in [-0.1, -0.05) is 5.16 Å². The van der Waals surface area contributed by atoms with E-state index in [1.807, 2.05) is 0 Å². The molecule has 1 saturated heterocycles. The molecule has 1 atom stereocenters. The van der Waals surface area contributed by atoms with Gasteiger partial charge in [-0.2, -0.15) is 4.98 Å². The average Bonchev–Trinajstić information content (AvgIpc) is 2.77. The predicted molar refractivity (Wildman–Crippen MR) is 48.3 cm³/mol. The van der Waals surface area contributed by atoms with Crippen molar-refractivity contribution in [1.82, 2.24) is 10.1 Å². The lowest BCUT2D eigenvalue weighted by Crippen LogP contribution is -2.05. The van der Waals surface area contributed by atoms with Crippen LogP contribution in [0, 0.1) is 5.92 Å². The lowest BCUT2D eigenvalue weighted by atomic mass is 10.1. The summed E-state index contributed by atoms with van der Waals surface area (Å²) in [5, 5.41) is 12.1. The van der Waals surface area contributed by atoms with E-state index < -0.39 is 5.97 Å². The van der Waals surface area contributed by atoms with Crippen LogP contribution < -0.4 is 0 Å². The van der Waals surface area contributed by atoms with E-state index in [4.69, 9.17) is 14.4 Å². The van der Waals surface area contributed by atoms with Gasteiger partial charge in [0.25, 0.3) is 0 Å². The van der Waals surface area contributed by atoms with Gasteiger partial charge in [0.2, 0.25) is 5.89 Å². The minimum absolute atomic E-state index is 0.190. The monoisotopic (exact) mass is 212 g/mol. The van der Waals surface area contributed by atoms with Gasteiger partial charge in [-0.3, -0.25) is 4.79 Å². The Kier molecular flexibility index (Phi) is 2.96. The van der Waals surface area contributed by atoms with Gasteiger partial charge < -0.3 is 14.4 Å². The molecule has 15 heavy (non-hydrogen) atoms. The van der Waals surface area contributed by atoms with Crippen LogP contribution in [0.15, 0.2) is 4.52 Å². The molecule has 0 saturated carbocycles. The van der Waals surface area contributed by atoms with Crippen molar-refractivity contribution in [3.8, 4) is 0 Å². The summed E-state index contributed by atoms with van der Waals surface area (Å²) < 4.78 is 10.2. The number of rotatable bonds is 4. The molecule has 1 fully saturated rings. The zero-order valence-corrected chi connectivity index (χ0v) is 8.18. The zero-order chi connectivity index (χ0) is 10.7. The van der Waals surface area contributed by atoms with Crippen LogP contribution in [0.4, 0.5) is 0 Å². The summed E-state index contributed by atoms with van der Waals surface area (Å²) in [6, 6.07) is 0. The molecular weight excluding hydrogens is 200 g/mol. The summed E-state index contributed by atoms with van der Waals surface area (Å²) >= 11 is 0. The van der Waals surface area contributed by atoms with Crippen molar-refractivity contribution < 1.29 is 19.2 Å². The van der Waals surface area contributed by atoms with E-state index in [0.717, 1.165) is 19.6 Å². The molecule has 2 heterocycles. The Morgan fingerprint density at radius 1 is 1.60 bits per heavy atom. The Labute approximate surface area is 86.2 Å². The molecule has 0 bridgehead atoms. The molecular formula is C9H12N2O4. The van der Waals surface area contributed by atoms with Crippen LogP contribution in [0.1, 0.15) is 18.1 Å². The fraction of sp³-hybridized carbons (Fsp3) is 0.667. The van der Waals surface area contributed by atoms with Crippen LogP contribution >= 0.6 is 0 Å². The smallest absolute Gasteiger partial charge is 0.311 e. The van der Waals surface area contributed by atoms with Gasteiger partial charge in [0, 0.05) is 19.6 Å². The summed E-state index contributed by atoms with van der Waals surface area (Å²) in [7, 11) is 0. The van der Waals surface area contributed by atoms with Crippen molar-refractivity contribution in [3.63, 3.8) is 0 Å². The number of hydrogen-bond acceptors (Lipinski definition) is 5. The highest BCUT2D eigenvalue weighted by Crippen LogP contribution is 2.17. The van der Waals surface area contributed by atoms with Crippen LogP contribution in [0.5, 0.6) is 0 Å². The first-order valence-corrected chi connectivity index (χ1v) is 4.85. The van der Waals surface area contributed by atoms with Crippen molar-refractivity contribution in [2.75, 3.05) is 13.2 Å². The highest BCUT2D eigenvalue weighted by molar-refractivity contribution is 5.68. The largest absolute Gasteiger partial charge is 0.481 e. The van der Waals surface area contributed by atoms with Crippen molar-refractivity contribution >= 4 is 5.97 Å². The molecule has 6 heteroatoms. The number of carboxylic acid groups (broad SMARTS) is 1. The van der Waals surface area contributed by atoms with Crippen LogP contribution in [-0.2, 0) is 22.4 Å². The summed E-state index contributed by atoms with van der Waals surface area (Å²) in [6.45, 7) is 1.50. The Hall–Kier alpha value is -1.43. The zero-order valence-electron chi connectivity index (χ0n) is 8.18. The number of aliphatic carboxylic acids is 1. The van der Waals surface area contributed by atoms with Crippen LogP contribution in [0.25, 0.3) is 0 Å². The third-order valence-corrected chi connectivity index (χ3v) is 2.31. The third kappa shape index (κ3) is 2.76. The molecule has 0 aromatic carbocycles. The van der Waals surface area contributed by atoms with Gasteiger partial charge in [0.05, 0.1) is 0 Å². The summed E-state index contributed by atoms with van der Waals surface area (Å²) in [5.74, 6) is 0.202. The van der Waals surface area contributed by atoms with Gasteiger partial charge in [-0.25, -0.2) is 0 Å². The van der Waals surface area contributed by atoms with Crippen molar-refractivity contribution in [1.29, 1.82) is 0 Å². The number of carbonyl (C=O) groups is 1. The Balaban J connectivity index is 1.91. The minimum atomic E-state index is -0.952. The fourth-order valence-electron chi connectivity index (χ4n) is 1.57. The lowest BCUT2D eigenvalue weighted by Gasteiger charge is -2.00. The molecule has 1 aliphatic rings. The summed E-state index contributed by atoms with van der Waals surface area (Å²) in [4.78, 5) is 14.4. The Bertz CT molecular complexity index is 344. The van der Waals surface area contributed by atoms with Gasteiger partial charge in [-0.05, 0) is 12.3 Å². The second-order valence-electron chi connectivity index (χ2n) is 3.61. The predicted octanol–water partition coefficient (Wildman–Crippen LogP) is 0.276. The molecule has 6 nitrogen and oxygen atoms in total. The topological polar surface area (TPSA) is 85.5 Å². The van der Waals surface area contributed by atoms with E-state index in [1.165, 1.54) is 0 Å². The molecule has 1 aromatic rings. The Morgan fingerprint density at radius 3 is 3.13 bits per heavy atom. The minimum Gasteiger partial charge on any atom is -0.481 e. The van der Waals surface area contributed by atoms with Crippen LogP contribution in [-0.4, -0.2) is 34.4 Å². The standard InChI is InChI=1S/C9H12N2O4/c12-9(13)4-7-10-8(15-11-7)3-6-1-2-14-5-6/h6H,1-5H2,(H,12,13). The van der Waals surface area contributed by atoms with E-state index in [9.17, 15) is 4.79 Å². The second kappa shape index (κ2) is 4.39. The van der Waals surface area contributed by atoms with Crippen molar-refractivity contribution in [3.05, 3.63) is 11.7 Å². The van der Waals surface area contributed by atoms with Gasteiger partial charge in [0.15, 0.2) is 5.82 Å². The first-order valence-electron chi connectivity index (χ1n) is 4.85. The summed E-state index contributed by atoms with van der Waals surface area (Å²) in [6.07, 6.45) is 1.48. The average molecular weight is 212 g/mol. The van der Waals surface area contributed by atoms with E-state index in [-0.39, 0.29) is 12.2 Å². The summed E-state index contributed by atoms with van der Waals surface area (Å²) in [5.41, 5.74) is 0. The SMILES string of the molecule is O=C(O)Cc1noc(CC2CCOC2)n1. The van der Waals surface area contributed by atoms with Crippen molar-refractivity contribution in [2.24, 2.45) is 5.92 Å². The Morgan fingerprint density at radius 2 is 2.47 bits per heavy atom. The van der Waals surface area contributed by atoms with E-state index in [1.54, 1.807) is 0 Å². The molecule has 1 unspecified atom stereocenters. The molecule has 0 amide bonds. The number of carboxylic acids is 1. The number of ether oxygens (including phenoxy) is 1. The maximum absolute atomic E-state index is 10.4. The first kappa shape index (κ1) is 10.1. The van der Waals surface area contributed by atoms with Gasteiger partial charge >= 0.3 is 5.97 Å². The van der Waals surface area contributed by atoms with Gasteiger partial charge in [-0.15, -0.1) is 0 Å². The van der Waals surface area contributed by atoms with Crippen LogP contribution in [0.3, 0.4) is 0 Å². The number of aromatic nitrogens is 2. The molecule has 1 N–H and O–H groups in total. The maximum Gasteiger partial charge on any atom is 0.311 e. The second-order valence-corrected chi connectivity index (χ2v) is 3.61. The van der Waals surface area contributed by atoms with Gasteiger partial charge in [0.1, 0.15) is 6.42 Å². The molecule has 1 aromatic heterocycles. The van der Waals surface area contributed by atoms with Crippen molar-refractivity contribution in [2.45, 2.75) is 19.3 Å². The quantitative estimate of drug-likeness (QED) is 0.771. The fourth-order valence-corrected chi connectivity index (χ4v) is 1.57. The number of hydrogen-bond donors (Lipinski definition) is 1. The number of nitrogens with zero attached hydrogens (tertiary/aromatic N) is 2. The lowest BCUT2D eigenvalue weighted by molar-refractivity contribution is -0.136. The van der Waals surface area contributed by atoms with E-state index in [2.05, 4.69) is 10.1 Å². The molecule has 0 radical (unpaired) electrons. The highest BCUT2D eigenvalue weighted by atomic mass is 16.5. The molecule has 1 aliphatic heterocycles.